The highest BCUT2D eigenvalue weighted by atomic mass is 35.5. The van der Waals surface area contributed by atoms with Crippen molar-refractivity contribution in [1.29, 1.82) is 0 Å². The van der Waals surface area contributed by atoms with Crippen molar-refractivity contribution in [3.8, 4) is 0 Å². The number of alkyl halides is 1. The van der Waals surface area contributed by atoms with Crippen molar-refractivity contribution in [3.05, 3.63) is 12.7 Å². The topological polar surface area (TPSA) is 0 Å². The van der Waals surface area contributed by atoms with E-state index in [1.54, 1.807) is 0 Å². The summed E-state index contributed by atoms with van der Waals surface area (Å²) in [6.45, 7) is 5.93. The molecule has 0 aliphatic carbocycles. The summed E-state index contributed by atoms with van der Waals surface area (Å²) < 4.78 is 0. The van der Waals surface area contributed by atoms with E-state index in [2.05, 4.69) is 13.1 Å². The molecule has 0 aromatic rings. The third-order valence-electron chi connectivity index (χ3n) is 1.13. The Hall–Kier alpha value is 0.247. The maximum absolute atomic E-state index is 5.62. The first kappa shape index (κ1) is 8.25. The maximum Gasteiger partial charge on any atom is 0.0513 e. The molecule has 0 bridgehead atoms. The predicted octanol–water partition coefficient (Wildman–Crippen LogP) is 2.20. The van der Waals surface area contributed by atoms with Crippen LogP contribution < -0.4 is 0 Å². The third kappa shape index (κ3) is 4.41. The summed E-state index contributed by atoms with van der Waals surface area (Å²) in [5.74, 6) is 0. The molecule has 0 nitrogen and oxygen atoms in total. The molecule has 0 saturated carbocycles. The smallest absolute Gasteiger partial charge is 0.0513 e. The van der Waals surface area contributed by atoms with E-state index in [9.17, 15) is 0 Å². The van der Waals surface area contributed by atoms with Gasteiger partial charge in [0.1, 0.15) is 0 Å². The zero-order valence-electron chi connectivity index (χ0n) is 5.36. The van der Waals surface area contributed by atoms with Gasteiger partial charge in [-0.25, -0.2) is 0 Å². The molecule has 0 spiro atoms. The van der Waals surface area contributed by atoms with Crippen LogP contribution in [-0.4, -0.2) is 14.3 Å². The number of hydrogen-bond donors (Lipinski definition) is 0. The molecule has 0 aliphatic heterocycles. The van der Waals surface area contributed by atoms with Crippen molar-refractivity contribution < 1.29 is 0 Å². The van der Waals surface area contributed by atoms with Gasteiger partial charge < -0.3 is 0 Å². The maximum atomic E-state index is 5.62. The number of halogens is 1. The molecule has 0 aromatic heterocycles. The monoisotopic (exact) mass is 148 g/mol. The number of hydrogen-bond acceptors (Lipinski definition) is 0. The molecule has 1 unspecified atom stereocenters. The Morgan fingerprint density at radius 1 is 1.75 bits per heavy atom. The van der Waals surface area contributed by atoms with Crippen LogP contribution in [0.15, 0.2) is 12.7 Å². The fourth-order valence-corrected chi connectivity index (χ4v) is 1.90. The fourth-order valence-electron chi connectivity index (χ4n) is 0.480. The van der Waals surface area contributed by atoms with Crippen molar-refractivity contribution in [2.45, 2.75) is 19.0 Å². The standard InChI is InChI=1S/C6H13ClSi/c1-3-4-5-8(2)6-7/h3,8H,1,4-6H2,2H3. The van der Waals surface area contributed by atoms with Crippen LogP contribution in [0.1, 0.15) is 6.42 Å². The van der Waals surface area contributed by atoms with E-state index in [1.807, 2.05) is 6.08 Å². The lowest BCUT2D eigenvalue weighted by Crippen LogP contribution is -2.07. The molecule has 0 amide bonds. The van der Waals surface area contributed by atoms with E-state index in [0.717, 1.165) is 11.9 Å². The lowest BCUT2D eigenvalue weighted by molar-refractivity contribution is 1.19. The molecule has 2 heteroatoms. The molecule has 0 rings (SSSR count). The van der Waals surface area contributed by atoms with Crippen LogP contribution in [0, 0.1) is 0 Å². The molecule has 0 saturated heterocycles. The molecule has 0 aliphatic rings. The van der Waals surface area contributed by atoms with Crippen molar-refractivity contribution in [3.63, 3.8) is 0 Å². The van der Waals surface area contributed by atoms with Crippen molar-refractivity contribution >= 4 is 20.4 Å². The molecular formula is C6H13ClSi. The van der Waals surface area contributed by atoms with Crippen molar-refractivity contribution in [1.82, 2.24) is 0 Å². The molecule has 0 N–H and O–H groups in total. The van der Waals surface area contributed by atoms with Gasteiger partial charge in [0.15, 0.2) is 0 Å². The van der Waals surface area contributed by atoms with E-state index in [4.69, 9.17) is 11.6 Å². The largest absolute Gasteiger partial charge is 0.131 e. The summed E-state index contributed by atoms with van der Waals surface area (Å²) in [4.78, 5) is 0. The van der Waals surface area contributed by atoms with Crippen molar-refractivity contribution in [2.75, 3.05) is 5.50 Å². The Morgan fingerprint density at radius 3 is 2.75 bits per heavy atom. The van der Waals surface area contributed by atoms with E-state index < -0.39 is 8.80 Å². The van der Waals surface area contributed by atoms with Gasteiger partial charge in [0.05, 0.1) is 8.80 Å². The minimum absolute atomic E-state index is 0.505. The Morgan fingerprint density at radius 2 is 2.38 bits per heavy atom. The van der Waals surface area contributed by atoms with E-state index >= 15 is 0 Å². The summed E-state index contributed by atoms with van der Waals surface area (Å²) in [7, 11) is -0.505. The average molecular weight is 149 g/mol. The zero-order valence-corrected chi connectivity index (χ0v) is 7.27. The van der Waals surface area contributed by atoms with E-state index in [-0.39, 0.29) is 0 Å². The minimum Gasteiger partial charge on any atom is -0.131 e. The summed E-state index contributed by atoms with van der Waals surface area (Å²) >= 11 is 5.62. The summed E-state index contributed by atoms with van der Waals surface area (Å²) in [6, 6.07) is 1.31. The van der Waals surface area contributed by atoms with Crippen LogP contribution >= 0.6 is 11.6 Å². The van der Waals surface area contributed by atoms with Crippen LogP contribution in [0.4, 0.5) is 0 Å². The van der Waals surface area contributed by atoms with Gasteiger partial charge >= 0.3 is 0 Å². The van der Waals surface area contributed by atoms with Gasteiger partial charge in [-0.15, -0.1) is 18.2 Å². The first-order valence-electron chi connectivity index (χ1n) is 2.98. The average Bonchev–Trinajstić information content (AvgIpc) is 1.83. The second-order valence-corrected chi connectivity index (χ2v) is 6.15. The second-order valence-electron chi connectivity index (χ2n) is 2.13. The molecule has 48 valence electrons. The van der Waals surface area contributed by atoms with Gasteiger partial charge in [0.2, 0.25) is 0 Å². The van der Waals surface area contributed by atoms with Gasteiger partial charge in [-0.2, -0.15) is 0 Å². The van der Waals surface area contributed by atoms with Gasteiger partial charge in [-0.1, -0.05) is 18.7 Å². The molecule has 1 atom stereocenters. The third-order valence-corrected chi connectivity index (χ3v) is 4.55. The van der Waals surface area contributed by atoms with Crippen LogP contribution in [0.5, 0.6) is 0 Å². The first-order chi connectivity index (χ1) is 3.81. The van der Waals surface area contributed by atoms with Gasteiger partial charge in [0.25, 0.3) is 0 Å². The fraction of sp³-hybridized carbons (Fsp3) is 0.667. The van der Waals surface area contributed by atoms with Crippen LogP contribution in [0.2, 0.25) is 12.6 Å². The minimum atomic E-state index is -0.505. The Labute approximate surface area is 58.2 Å². The van der Waals surface area contributed by atoms with Gasteiger partial charge in [-0.3, -0.25) is 0 Å². The highest BCUT2D eigenvalue weighted by molar-refractivity contribution is 6.66. The van der Waals surface area contributed by atoms with Crippen LogP contribution in [0.3, 0.4) is 0 Å². The SMILES string of the molecule is C=CCC[SiH](C)CCl. The lowest BCUT2D eigenvalue weighted by Gasteiger charge is -1.99. The van der Waals surface area contributed by atoms with Gasteiger partial charge in [0, 0.05) is 5.50 Å². The number of rotatable bonds is 4. The van der Waals surface area contributed by atoms with Gasteiger partial charge in [-0.05, 0) is 6.42 Å². The predicted molar refractivity (Wildman–Crippen MR) is 43.4 cm³/mol. The normalized spacial score (nSPS) is 13.2. The summed E-state index contributed by atoms with van der Waals surface area (Å²) in [5, 5.41) is 0. The number of allylic oxidation sites excluding steroid dienone is 1. The highest BCUT2D eigenvalue weighted by Crippen LogP contribution is 1.98. The van der Waals surface area contributed by atoms with Crippen LogP contribution in [0.25, 0.3) is 0 Å². The Bertz CT molecular complexity index is 63.5. The molecule has 0 fully saturated rings. The lowest BCUT2D eigenvalue weighted by atomic mass is 10.5. The Balaban J connectivity index is 2.97. The zero-order chi connectivity index (χ0) is 6.41. The highest BCUT2D eigenvalue weighted by Gasteiger charge is 1.97. The molecule has 0 heterocycles. The summed E-state index contributed by atoms with van der Waals surface area (Å²) in [5.41, 5.74) is 0.911. The second kappa shape index (κ2) is 5.38. The van der Waals surface area contributed by atoms with E-state index in [1.165, 1.54) is 6.04 Å². The molecule has 0 aromatic carbocycles. The van der Waals surface area contributed by atoms with Crippen LogP contribution in [-0.2, 0) is 0 Å². The molecule has 8 heavy (non-hydrogen) atoms. The Kier molecular flexibility index (Phi) is 5.55. The first-order valence-corrected chi connectivity index (χ1v) is 6.30. The van der Waals surface area contributed by atoms with E-state index in [0.29, 0.717) is 0 Å². The van der Waals surface area contributed by atoms with Crippen molar-refractivity contribution in [2.24, 2.45) is 0 Å². The summed E-state index contributed by atoms with van der Waals surface area (Å²) in [6.07, 6.45) is 3.12. The molecular weight excluding hydrogens is 136 g/mol. The molecule has 0 radical (unpaired) electrons. The quantitative estimate of drug-likeness (QED) is 0.326.